The van der Waals surface area contributed by atoms with Gasteiger partial charge >= 0.3 is 0 Å². The zero-order valence-electron chi connectivity index (χ0n) is 15.3. The van der Waals surface area contributed by atoms with Crippen molar-refractivity contribution in [3.63, 3.8) is 0 Å². The number of carbonyl (C=O) groups is 2. The van der Waals surface area contributed by atoms with Crippen LogP contribution in [-0.4, -0.2) is 39.7 Å². The van der Waals surface area contributed by atoms with E-state index in [-0.39, 0.29) is 18.7 Å². The minimum absolute atomic E-state index is 0.0333. The second-order valence-electron chi connectivity index (χ2n) is 5.46. The molecule has 27 heavy (non-hydrogen) atoms. The van der Waals surface area contributed by atoms with E-state index >= 15 is 0 Å². The molecule has 8 heteroatoms. The third-order valence-electron chi connectivity index (χ3n) is 3.77. The van der Waals surface area contributed by atoms with Gasteiger partial charge in [0, 0.05) is 17.7 Å². The van der Waals surface area contributed by atoms with E-state index in [0.717, 1.165) is 0 Å². The fraction of sp³-hybridized carbons (Fsp3) is 0.263. The fourth-order valence-electron chi connectivity index (χ4n) is 2.37. The average Bonchev–Trinajstić information content (AvgIpc) is 2.70. The normalized spacial score (nSPS) is 10.1. The summed E-state index contributed by atoms with van der Waals surface area (Å²) in [7, 11) is 4.34. The molecule has 0 fully saturated rings. The topological polar surface area (TPSA) is 85.9 Å². The summed E-state index contributed by atoms with van der Waals surface area (Å²) in [5, 5.41) is 5.04. The Morgan fingerprint density at radius 2 is 1.59 bits per heavy atom. The Morgan fingerprint density at radius 3 is 2.15 bits per heavy atom. The summed E-state index contributed by atoms with van der Waals surface area (Å²) in [6, 6.07) is 9.09. The Hall–Kier alpha value is -3.29. The zero-order chi connectivity index (χ0) is 19.8. The highest BCUT2D eigenvalue weighted by molar-refractivity contribution is 5.97. The molecule has 2 N–H and O–H groups in total. The van der Waals surface area contributed by atoms with Gasteiger partial charge in [0.15, 0.2) is 11.5 Å². The van der Waals surface area contributed by atoms with Crippen LogP contribution in [0.15, 0.2) is 36.4 Å². The number of benzene rings is 2. The van der Waals surface area contributed by atoms with E-state index in [4.69, 9.17) is 14.2 Å². The second-order valence-corrected chi connectivity index (χ2v) is 5.46. The highest BCUT2D eigenvalue weighted by Gasteiger charge is 2.17. The summed E-state index contributed by atoms with van der Waals surface area (Å²) in [5.41, 5.74) is 0.605. The van der Waals surface area contributed by atoms with Crippen molar-refractivity contribution < 1.29 is 28.2 Å². The lowest BCUT2D eigenvalue weighted by Crippen LogP contribution is -2.36. The smallest absolute Gasteiger partial charge is 0.251 e. The molecule has 7 nitrogen and oxygen atoms in total. The quantitative estimate of drug-likeness (QED) is 0.735. The van der Waals surface area contributed by atoms with Gasteiger partial charge in [0.25, 0.3) is 5.91 Å². The van der Waals surface area contributed by atoms with Crippen LogP contribution in [0, 0.1) is 5.82 Å². The van der Waals surface area contributed by atoms with E-state index in [1.54, 1.807) is 18.2 Å². The molecule has 2 rings (SSSR count). The Kier molecular flexibility index (Phi) is 6.99. The van der Waals surface area contributed by atoms with Crippen molar-refractivity contribution in [2.45, 2.75) is 6.54 Å². The maximum Gasteiger partial charge on any atom is 0.251 e. The van der Waals surface area contributed by atoms with E-state index in [1.807, 2.05) is 0 Å². The molecule has 2 amide bonds. The van der Waals surface area contributed by atoms with E-state index in [1.165, 1.54) is 39.5 Å². The lowest BCUT2D eigenvalue weighted by atomic mass is 10.1. The Balaban J connectivity index is 1.97. The van der Waals surface area contributed by atoms with Gasteiger partial charge < -0.3 is 24.8 Å². The lowest BCUT2D eigenvalue weighted by molar-refractivity contribution is -0.120. The van der Waals surface area contributed by atoms with Gasteiger partial charge in [-0.3, -0.25) is 9.59 Å². The van der Waals surface area contributed by atoms with Crippen LogP contribution in [-0.2, 0) is 11.3 Å². The minimum atomic E-state index is -0.490. The second kappa shape index (κ2) is 9.42. The molecule has 0 heterocycles. The first-order chi connectivity index (χ1) is 13.0. The number of carbonyl (C=O) groups excluding carboxylic acids is 2. The maximum absolute atomic E-state index is 13.5. The van der Waals surface area contributed by atoms with E-state index in [9.17, 15) is 14.0 Å². The molecule has 0 aromatic heterocycles. The largest absolute Gasteiger partial charge is 0.493 e. The third-order valence-corrected chi connectivity index (χ3v) is 3.77. The number of ether oxygens (including phenoxy) is 3. The van der Waals surface area contributed by atoms with Crippen molar-refractivity contribution >= 4 is 11.8 Å². The van der Waals surface area contributed by atoms with E-state index < -0.39 is 17.6 Å². The molecule has 2 aromatic carbocycles. The van der Waals surface area contributed by atoms with Gasteiger partial charge in [-0.05, 0) is 18.2 Å². The molecule has 0 atom stereocenters. The van der Waals surface area contributed by atoms with Gasteiger partial charge in [-0.15, -0.1) is 0 Å². The number of hydrogen-bond donors (Lipinski definition) is 2. The Labute approximate surface area is 156 Å². The molecule has 144 valence electrons. The Bertz CT molecular complexity index is 800. The van der Waals surface area contributed by atoms with Gasteiger partial charge in [0.1, 0.15) is 5.82 Å². The molecule has 0 radical (unpaired) electrons. The number of amides is 2. The summed E-state index contributed by atoms with van der Waals surface area (Å²) in [5.74, 6) is -0.329. The van der Waals surface area contributed by atoms with Crippen molar-refractivity contribution in [2.24, 2.45) is 0 Å². The lowest BCUT2D eigenvalue weighted by Gasteiger charge is -2.14. The predicted octanol–water partition coefficient (Wildman–Crippen LogP) is 1.90. The van der Waals surface area contributed by atoms with Crippen molar-refractivity contribution in [3.05, 3.63) is 53.3 Å². The molecule has 0 saturated heterocycles. The van der Waals surface area contributed by atoms with E-state index in [0.29, 0.717) is 22.8 Å². The monoisotopic (exact) mass is 376 g/mol. The first-order valence-corrected chi connectivity index (χ1v) is 8.08. The minimum Gasteiger partial charge on any atom is -0.493 e. The van der Waals surface area contributed by atoms with Gasteiger partial charge in [-0.25, -0.2) is 4.39 Å². The zero-order valence-corrected chi connectivity index (χ0v) is 15.3. The van der Waals surface area contributed by atoms with Gasteiger partial charge in [0.05, 0.1) is 27.9 Å². The van der Waals surface area contributed by atoms with Crippen LogP contribution in [0.25, 0.3) is 0 Å². The van der Waals surface area contributed by atoms with Gasteiger partial charge in [-0.1, -0.05) is 18.2 Å². The Morgan fingerprint density at radius 1 is 0.963 bits per heavy atom. The van der Waals surface area contributed by atoms with Crippen LogP contribution in [0.2, 0.25) is 0 Å². The molecule has 0 unspecified atom stereocenters. The van der Waals surface area contributed by atoms with Crippen molar-refractivity contribution in [1.82, 2.24) is 10.6 Å². The van der Waals surface area contributed by atoms with Crippen LogP contribution < -0.4 is 24.8 Å². The van der Waals surface area contributed by atoms with Gasteiger partial charge in [0.2, 0.25) is 11.7 Å². The number of hydrogen-bond acceptors (Lipinski definition) is 5. The highest BCUT2D eigenvalue weighted by atomic mass is 19.1. The number of rotatable bonds is 8. The number of methoxy groups -OCH3 is 3. The summed E-state index contributed by atoms with van der Waals surface area (Å²) in [6.07, 6.45) is 0. The van der Waals surface area contributed by atoms with Gasteiger partial charge in [-0.2, -0.15) is 0 Å². The number of halogens is 1. The van der Waals surface area contributed by atoms with Crippen LogP contribution in [0.4, 0.5) is 4.39 Å². The molecule has 2 aromatic rings. The van der Waals surface area contributed by atoms with Crippen LogP contribution >= 0.6 is 0 Å². The standard InChI is InChI=1S/C19H21FN2O5/c1-25-15-8-13(9-16(26-2)18(15)27-3)19(24)22-11-17(23)21-10-12-6-4-5-7-14(12)20/h4-9H,10-11H2,1-3H3,(H,21,23)(H,22,24). The summed E-state index contributed by atoms with van der Waals surface area (Å²) in [6.45, 7) is -0.227. The summed E-state index contributed by atoms with van der Waals surface area (Å²) >= 11 is 0. The molecule has 0 saturated carbocycles. The predicted molar refractivity (Wildman–Crippen MR) is 96.7 cm³/mol. The van der Waals surface area contributed by atoms with Crippen molar-refractivity contribution in [1.29, 1.82) is 0 Å². The molecule has 0 aliphatic carbocycles. The fourth-order valence-corrected chi connectivity index (χ4v) is 2.37. The summed E-state index contributed by atoms with van der Waals surface area (Å²) < 4.78 is 29.1. The molecule has 0 aliphatic rings. The first kappa shape index (κ1) is 20.0. The molecule has 0 spiro atoms. The average molecular weight is 376 g/mol. The van der Waals surface area contributed by atoms with Crippen LogP contribution in [0.1, 0.15) is 15.9 Å². The van der Waals surface area contributed by atoms with Crippen LogP contribution in [0.3, 0.4) is 0 Å². The highest BCUT2D eigenvalue weighted by Crippen LogP contribution is 2.38. The van der Waals surface area contributed by atoms with Crippen LogP contribution in [0.5, 0.6) is 17.2 Å². The number of nitrogens with one attached hydrogen (secondary N) is 2. The first-order valence-electron chi connectivity index (χ1n) is 8.08. The summed E-state index contributed by atoms with van der Waals surface area (Å²) in [4.78, 5) is 24.2. The van der Waals surface area contributed by atoms with Crippen molar-refractivity contribution in [3.8, 4) is 17.2 Å². The molecular weight excluding hydrogens is 355 g/mol. The third kappa shape index (κ3) is 5.10. The SMILES string of the molecule is COc1cc(C(=O)NCC(=O)NCc2ccccc2F)cc(OC)c1OC. The molecular formula is C19H21FN2O5. The maximum atomic E-state index is 13.5. The van der Waals surface area contributed by atoms with E-state index in [2.05, 4.69) is 10.6 Å². The molecule has 0 aliphatic heterocycles. The van der Waals surface area contributed by atoms with Crippen molar-refractivity contribution in [2.75, 3.05) is 27.9 Å². The molecule has 0 bridgehead atoms.